The molecule has 2 aromatic rings. The Bertz CT molecular complexity index is 646. The molecule has 0 spiro atoms. The minimum Gasteiger partial charge on any atom is -0.492 e. The molecule has 112 valence electrons. The van der Waals surface area contributed by atoms with Crippen LogP contribution in [-0.2, 0) is 6.54 Å². The van der Waals surface area contributed by atoms with E-state index in [1.807, 2.05) is 0 Å². The third-order valence-corrected chi connectivity index (χ3v) is 2.80. The molecule has 0 amide bonds. The monoisotopic (exact) mass is 299 g/mol. The average molecular weight is 299 g/mol. The lowest BCUT2D eigenvalue weighted by atomic mass is 10.2. The maximum absolute atomic E-state index is 13.5. The van der Waals surface area contributed by atoms with Gasteiger partial charge in [-0.05, 0) is 25.1 Å². The van der Waals surface area contributed by atoms with Gasteiger partial charge in [0.25, 0.3) is 0 Å². The summed E-state index contributed by atoms with van der Waals surface area (Å²) in [6.07, 6.45) is 0. The quantitative estimate of drug-likeness (QED) is 0.658. The van der Waals surface area contributed by atoms with Crippen molar-refractivity contribution in [3.63, 3.8) is 0 Å². The summed E-state index contributed by atoms with van der Waals surface area (Å²) >= 11 is 0. The van der Waals surface area contributed by atoms with Crippen molar-refractivity contribution < 1.29 is 22.3 Å². The van der Waals surface area contributed by atoms with Crippen molar-refractivity contribution in [2.45, 2.75) is 13.5 Å². The van der Waals surface area contributed by atoms with Crippen molar-refractivity contribution in [2.75, 3.05) is 11.9 Å². The minimum absolute atomic E-state index is 0.0410. The average Bonchev–Trinajstić information content (AvgIpc) is 2.43. The van der Waals surface area contributed by atoms with Gasteiger partial charge in [0.2, 0.25) is 0 Å². The molecular formula is C15H13F4NO. The summed E-state index contributed by atoms with van der Waals surface area (Å²) in [5.41, 5.74) is 0.392. The van der Waals surface area contributed by atoms with Gasteiger partial charge in [0, 0.05) is 24.2 Å². The first-order valence-corrected chi connectivity index (χ1v) is 6.31. The van der Waals surface area contributed by atoms with Crippen LogP contribution in [0.15, 0.2) is 30.3 Å². The molecule has 21 heavy (non-hydrogen) atoms. The van der Waals surface area contributed by atoms with Gasteiger partial charge in [0.05, 0.1) is 12.3 Å². The summed E-state index contributed by atoms with van der Waals surface area (Å²) in [5, 5.41) is 2.81. The van der Waals surface area contributed by atoms with E-state index in [0.29, 0.717) is 18.4 Å². The largest absolute Gasteiger partial charge is 0.492 e. The Hall–Kier alpha value is -2.24. The molecule has 0 saturated heterocycles. The third-order valence-electron chi connectivity index (χ3n) is 2.80. The van der Waals surface area contributed by atoms with Crippen LogP contribution in [0.4, 0.5) is 23.2 Å². The summed E-state index contributed by atoms with van der Waals surface area (Å²) < 4.78 is 57.8. The zero-order valence-corrected chi connectivity index (χ0v) is 11.2. The van der Waals surface area contributed by atoms with Crippen LogP contribution in [0.3, 0.4) is 0 Å². The Kier molecular flexibility index (Phi) is 4.67. The van der Waals surface area contributed by atoms with Gasteiger partial charge in [-0.3, -0.25) is 0 Å². The lowest BCUT2D eigenvalue weighted by Gasteiger charge is -2.13. The fraction of sp³-hybridized carbons (Fsp3) is 0.200. The molecule has 2 nitrogen and oxygen atoms in total. The summed E-state index contributed by atoms with van der Waals surface area (Å²) in [6.45, 7) is 1.98. The number of rotatable bonds is 5. The normalized spacial score (nSPS) is 10.5. The molecule has 0 aliphatic carbocycles. The second kappa shape index (κ2) is 6.47. The van der Waals surface area contributed by atoms with Crippen LogP contribution in [0, 0.1) is 23.3 Å². The van der Waals surface area contributed by atoms with Gasteiger partial charge in [0.15, 0.2) is 11.6 Å². The first kappa shape index (κ1) is 15.2. The number of anilines is 1. The van der Waals surface area contributed by atoms with Crippen LogP contribution < -0.4 is 10.1 Å². The highest BCUT2D eigenvalue weighted by Crippen LogP contribution is 2.26. The Morgan fingerprint density at radius 3 is 2.38 bits per heavy atom. The number of hydrogen-bond acceptors (Lipinski definition) is 2. The molecule has 0 atom stereocenters. The summed E-state index contributed by atoms with van der Waals surface area (Å²) in [5.74, 6) is -3.43. The second-order valence-electron chi connectivity index (χ2n) is 4.28. The SMILES string of the molecule is CCOc1cc(F)ccc1NCc1cc(F)c(F)cc1F. The summed E-state index contributed by atoms with van der Waals surface area (Å²) in [4.78, 5) is 0. The number of benzene rings is 2. The molecule has 1 N–H and O–H groups in total. The van der Waals surface area contributed by atoms with E-state index in [1.54, 1.807) is 6.92 Å². The molecular weight excluding hydrogens is 286 g/mol. The van der Waals surface area contributed by atoms with Gasteiger partial charge >= 0.3 is 0 Å². The smallest absolute Gasteiger partial charge is 0.161 e. The minimum atomic E-state index is -1.24. The van der Waals surface area contributed by atoms with Gasteiger partial charge < -0.3 is 10.1 Å². The van der Waals surface area contributed by atoms with E-state index in [4.69, 9.17) is 4.74 Å². The van der Waals surface area contributed by atoms with Crippen LogP contribution in [0.25, 0.3) is 0 Å². The number of halogens is 4. The fourth-order valence-corrected chi connectivity index (χ4v) is 1.81. The van der Waals surface area contributed by atoms with Crippen LogP contribution >= 0.6 is 0 Å². The van der Waals surface area contributed by atoms with Crippen LogP contribution in [0.1, 0.15) is 12.5 Å². The molecule has 0 aliphatic rings. The number of ether oxygens (including phenoxy) is 1. The lowest BCUT2D eigenvalue weighted by molar-refractivity contribution is 0.339. The predicted molar refractivity (Wildman–Crippen MR) is 71.2 cm³/mol. The van der Waals surface area contributed by atoms with Crippen molar-refractivity contribution in [3.8, 4) is 5.75 Å². The van der Waals surface area contributed by atoms with Crippen LogP contribution in [0.5, 0.6) is 5.75 Å². The molecule has 0 unspecified atom stereocenters. The number of nitrogens with one attached hydrogen (secondary N) is 1. The molecule has 2 rings (SSSR count). The molecule has 0 heterocycles. The van der Waals surface area contributed by atoms with Gasteiger partial charge in [-0.25, -0.2) is 17.6 Å². The predicted octanol–water partition coefficient (Wildman–Crippen LogP) is 4.25. The zero-order chi connectivity index (χ0) is 15.4. The van der Waals surface area contributed by atoms with Gasteiger partial charge in [-0.15, -0.1) is 0 Å². The summed E-state index contributed by atoms with van der Waals surface area (Å²) in [6, 6.07) is 5.10. The molecule has 0 aliphatic heterocycles. The van der Waals surface area contributed by atoms with Gasteiger partial charge in [-0.2, -0.15) is 0 Å². The molecule has 6 heteroatoms. The Balaban J connectivity index is 2.18. The lowest BCUT2D eigenvalue weighted by Crippen LogP contribution is -2.06. The second-order valence-corrected chi connectivity index (χ2v) is 4.28. The Labute approximate surface area is 119 Å². The molecule has 0 radical (unpaired) electrons. The van der Waals surface area contributed by atoms with E-state index in [2.05, 4.69) is 5.32 Å². The highest BCUT2D eigenvalue weighted by Gasteiger charge is 2.11. The van der Waals surface area contributed by atoms with E-state index < -0.39 is 23.3 Å². The van der Waals surface area contributed by atoms with Gasteiger partial charge in [0.1, 0.15) is 17.4 Å². The Morgan fingerprint density at radius 1 is 0.952 bits per heavy atom. The van der Waals surface area contributed by atoms with Crippen LogP contribution in [0.2, 0.25) is 0 Å². The van der Waals surface area contributed by atoms with Crippen LogP contribution in [-0.4, -0.2) is 6.61 Å². The van der Waals surface area contributed by atoms with Crippen molar-refractivity contribution in [2.24, 2.45) is 0 Å². The molecule has 0 saturated carbocycles. The first-order chi connectivity index (χ1) is 10.0. The van der Waals surface area contributed by atoms with E-state index in [-0.39, 0.29) is 17.9 Å². The maximum atomic E-state index is 13.5. The van der Waals surface area contributed by atoms with E-state index in [9.17, 15) is 17.6 Å². The van der Waals surface area contributed by atoms with E-state index >= 15 is 0 Å². The molecule has 0 bridgehead atoms. The van der Waals surface area contributed by atoms with Crippen molar-refractivity contribution in [3.05, 3.63) is 59.2 Å². The first-order valence-electron chi connectivity index (χ1n) is 6.31. The molecule has 0 aromatic heterocycles. The summed E-state index contributed by atoms with van der Waals surface area (Å²) in [7, 11) is 0. The highest BCUT2D eigenvalue weighted by molar-refractivity contribution is 5.56. The topological polar surface area (TPSA) is 21.3 Å². The van der Waals surface area contributed by atoms with E-state index in [0.717, 1.165) is 6.07 Å². The molecule has 2 aromatic carbocycles. The highest BCUT2D eigenvalue weighted by atomic mass is 19.2. The van der Waals surface area contributed by atoms with E-state index in [1.165, 1.54) is 18.2 Å². The number of hydrogen-bond donors (Lipinski definition) is 1. The third kappa shape index (κ3) is 3.65. The fourth-order valence-electron chi connectivity index (χ4n) is 1.81. The van der Waals surface area contributed by atoms with Crippen molar-refractivity contribution >= 4 is 5.69 Å². The standard InChI is InChI=1S/C15H13F4NO/c1-2-21-15-6-10(16)3-4-14(15)20-8-9-5-12(18)13(19)7-11(9)17/h3-7,20H,2,8H2,1H3. The van der Waals surface area contributed by atoms with Crippen molar-refractivity contribution in [1.29, 1.82) is 0 Å². The van der Waals surface area contributed by atoms with Crippen molar-refractivity contribution in [1.82, 2.24) is 0 Å². The molecule has 0 fully saturated rings. The van der Waals surface area contributed by atoms with Gasteiger partial charge in [-0.1, -0.05) is 0 Å². The maximum Gasteiger partial charge on any atom is 0.161 e. The Morgan fingerprint density at radius 2 is 1.67 bits per heavy atom. The zero-order valence-electron chi connectivity index (χ0n) is 11.2.